The van der Waals surface area contributed by atoms with Gasteiger partial charge in [0.25, 0.3) is 0 Å². The zero-order valence-electron chi connectivity index (χ0n) is 10.7. The second-order valence-electron chi connectivity index (χ2n) is 4.77. The molecule has 1 aromatic rings. The summed E-state index contributed by atoms with van der Waals surface area (Å²) in [6.07, 6.45) is 7.12. The van der Waals surface area contributed by atoms with Crippen molar-refractivity contribution < 1.29 is 9.53 Å². The van der Waals surface area contributed by atoms with Crippen LogP contribution in [0.2, 0.25) is 0 Å². The van der Waals surface area contributed by atoms with Crippen molar-refractivity contribution in [3.63, 3.8) is 0 Å². The molecule has 0 aliphatic heterocycles. The fraction of sp³-hybridized carbons (Fsp3) is 0.400. The van der Waals surface area contributed by atoms with Crippen LogP contribution in [0.1, 0.15) is 23.2 Å². The average molecular weight is 243 g/mol. The molecule has 2 rings (SSSR count). The van der Waals surface area contributed by atoms with Crippen LogP contribution in [0.25, 0.3) is 0 Å². The van der Waals surface area contributed by atoms with Crippen molar-refractivity contribution in [2.24, 2.45) is 5.92 Å². The molecule has 0 bridgehead atoms. The lowest BCUT2D eigenvalue weighted by Crippen LogP contribution is -2.19. The summed E-state index contributed by atoms with van der Waals surface area (Å²) in [5.41, 5.74) is 1.51. The molecule has 1 atom stereocenters. The first-order valence-electron chi connectivity index (χ1n) is 6.06. The number of anilines is 1. The van der Waals surface area contributed by atoms with Gasteiger partial charge in [-0.1, -0.05) is 12.0 Å². The fourth-order valence-electron chi connectivity index (χ4n) is 1.76. The quantitative estimate of drug-likeness (QED) is 0.600. The van der Waals surface area contributed by atoms with E-state index in [1.807, 2.05) is 37.2 Å². The number of carbonyl (C=O) groups is 1. The zero-order chi connectivity index (χ0) is 13.1. The van der Waals surface area contributed by atoms with Gasteiger partial charge in [0.15, 0.2) is 6.10 Å². The smallest absolute Gasteiger partial charge is 0.339 e. The lowest BCUT2D eigenvalue weighted by atomic mass is 10.2. The van der Waals surface area contributed by atoms with E-state index in [9.17, 15) is 4.79 Å². The summed E-state index contributed by atoms with van der Waals surface area (Å²) in [7, 11) is 3.86. The van der Waals surface area contributed by atoms with Crippen molar-refractivity contribution >= 4 is 11.7 Å². The highest BCUT2D eigenvalue weighted by molar-refractivity contribution is 5.90. The molecule has 3 heteroatoms. The normalized spacial score (nSPS) is 15.6. The van der Waals surface area contributed by atoms with Crippen LogP contribution in [0.15, 0.2) is 24.3 Å². The minimum absolute atomic E-state index is 0.339. The van der Waals surface area contributed by atoms with Crippen molar-refractivity contribution in [2.75, 3.05) is 19.0 Å². The van der Waals surface area contributed by atoms with E-state index in [0.717, 1.165) is 18.5 Å². The molecule has 1 saturated carbocycles. The van der Waals surface area contributed by atoms with Gasteiger partial charge in [-0.15, -0.1) is 6.42 Å². The SMILES string of the molecule is C#CC(OC(=O)c1cccc(N(C)C)c1)C1CC1. The first-order valence-corrected chi connectivity index (χ1v) is 6.06. The van der Waals surface area contributed by atoms with Crippen LogP contribution in [-0.4, -0.2) is 26.2 Å². The number of carbonyl (C=O) groups excluding carboxylic acids is 1. The Balaban J connectivity index is 2.08. The van der Waals surface area contributed by atoms with Gasteiger partial charge in [0.2, 0.25) is 0 Å². The molecular weight excluding hydrogens is 226 g/mol. The molecule has 1 aliphatic carbocycles. The van der Waals surface area contributed by atoms with Crippen molar-refractivity contribution in [1.82, 2.24) is 0 Å². The summed E-state index contributed by atoms with van der Waals surface area (Å²) in [4.78, 5) is 13.9. The van der Waals surface area contributed by atoms with E-state index in [2.05, 4.69) is 5.92 Å². The predicted octanol–water partition coefficient (Wildman–Crippen LogP) is 2.32. The van der Waals surface area contributed by atoms with Crippen molar-refractivity contribution in [2.45, 2.75) is 18.9 Å². The van der Waals surface area contributed by atoms with Crippen LogP contribution in [-0.2, 0) is 4.74 Å². The first-order chi connectivity index (χ1) is 8.61. The molecule has 0 radical (unpaired) electrons. The van der Waals surface area contributed by atoms with Gasteiger partial charge in [-0.05, 0) is 31.0 Å². The minimum Gasteiger partial charge on any atom is -0.445 e. The number of rotatable bonds is 4. The summed E-state index contributed by atoms with van der Waals surface area (Å²) < 4.78 is 5.35. The van der Waals surface area contributed by atoms with E-state index in [-0.39, 0.29) is 12.1 Å². The van der Waals surface area contributed by atoms with Gasteiger partial charge < -0.3 is 9.64 Å². The predicted molar refractivity (Wildman–Crippen MR) is 71.5 cm³/mol. The largest absolute Gasteiger partial charge is 0.445 e. The highest BCUT2D eigenvalue weighted by atomic mass is 16.5. The number of nitrogens with zero attached hydrogens (tertiary/aromatic N) is 1. The van der Waals surface area contributed by atoms with E-state index in [4.69, 9.17) is 11.2 Å². The third kappa shape index (κ3) is 2.84. The summed E-state index contributed by atoms with van der Waals surface area (Å²) in [6.45, 7) is 0. The third-order valence-corrected chi connectivity index (χ3v) is 3.05. The Morgan fingerprint density at radius 3 is 2.78 bits per heavy atom. The van der Waals surface area contributed by atoms with Gasteiger partial charge >= 0.3 is 5.97 Å². The second kappa shape index (κ2) is 5.14. The number of ether oxygens (including phenoxy) is 1. The molecule has 18 heavy (non-hydrogen) atoms. The summed E-state index contributed by atoms with van der Waals surface area (Å²) >= 11 is 0. The summed E-state index contributed by atoms with van der Waals surface area (Å²) in [5.74, 6) is 2.57. The number of hydrogen-bond acceptors (Lipinski definition) is 3. The van der Waals surface area contributed by atoms with Crippen LogP contribution in [0.5, 0.6) is 0 Å². The highest BCUT2D eigenvalue weighted by Crippen LogP contribution is 2.34. The molecule has 0 amide bonds. The second-order valence-corrected chi connectivity index (χ2v) is 4.77. The van der Waals surface area contributed by atoms with Gasteiger partial charge in [-0.2, -0.15) is 0 Å². The maximum atomic E-state index is 12.0. The number of esters is 1. The Morgan fingerprint density at radius 1 is 1.50 bits per heavy atom. The van der Waals surface area contributed by atoms with E-state index in [0.29, 0.717) is 11.5 Å². The molecule has 94 valence electrons. The van der Waals surface area contributed by atoms with E-state index < -0.39 is 0 Å². The van der Waals surface area contributed by atoms with Crippen molar-refractivity contribution in [3.8, 4) is 12.3 Å². The topological polar surface area (TPSA) is 29.5 Å². The van der Waals surface area contributed by atoms with E-state index in [1.54, 1.807) is 6.07 Å². The molecule has 1 unspecified atom stereocenters. The maximum absolute atomic E-state index is 12.0. The van der Waals surface area contributed by atoms with Gasteiger partial charge in [0.05, 0.1) is 5.56 Å². The highest BCUT2D eigenvalue weighted by Gasteiger charge is 2.33. The van der Waals surface area contributed by atoms with Gasteiger partial charge in [0.1, 0.15) is 0 Å². The van der Waals surface area contributed by atoms with Crippen LogP contribution in [0.3, 0.4) is 0 Å². The molecule has 0 aromatic heterocycles. The maximum Gasteiger partial charge on any atom is 0.339 e. The van der Waals surface area contributed by atoms with Gasteiger partial charge in [-0.3, -0.25) is 0 Å². The summed E-state index contributed by atoms with van der Waals surface area (Å²) in [5, 5.41) is 0. The van der Waals surface area contributed by atoms with Gasteiger partial charge in [-0.25, -0.2) is 4.79 Å². The van der Waals surface area contributed by atoms with Crippen molar-refractivity contribution in [1.29, 1.82) is 0 Å². The number of hydrogen-bond donors (Lipinski definition) is 0. The monoisotopic (exact) mass is 243 g/mol. The van der Waals surface area contributed by atoms with Gasteiger partial charge in [0, 0.05) is 25.7 Å². The number of benzene rings is 1. The Kier molecular flexibility index (Phi) is 3.57. The molecule has 1 aromatic carbocycles. The molecule has 3 nitrogen and oxygen atoms in total. The third-order valence-electron chi connectivity index (χ3n) is 3.05. The molecule has 0 saturated heterocycles. The van der Waals surface area contributed by atoms with Crippen LogP contribution in [0, 0.1) is 18.3 Å². The van der Waals surface area contributed by atoms with Crippen LogP contribution < -0.4 is 4.90 Å². The van der Waals surface area contributed by atoms with Crippen LogP contribution >= 0.6 is 0 Å². The first kappa shape index (κ1) is 12.5. The number of terminal acetylenes is 1. The Morgan fingerprint density at radius 2 is 2.22 bits per heavy atom. The Labute approximate surface area is 108 Å². The fourth-order valence-corrected chi connectivity index (χ4v) is 1.76. The zero-order valence-corrected chi connectivity index (χ0v) is 10.7. The van der Waals surface area contributed by atoms with Crippen LogP contribution in [0.4, 0.5) is 5.69 Å². The Hall–Kier alpha value is -1.95. The minimum atomic E-state index is -0.375. The van der Waals surface area contributed by atoms with Crippen molar-refractivity contribution in [3.05, 3.63) is 29.8 Å². The molecule has 0 N–H and O–H groups in total. The van der Waals surface area contributed by atoms with E-state index >= 15 is 0 Å². The summed E-state index contributed by atoms with van der Waals surface area (Å²) in [6, 6.07) is 7.34. The molecule has 1 aliphatic rings. The molecule has 0 spiro atoms. The molecular formula is C15H17NO2. The standard InChI is InChI=1S/C15H17NO2/c1-4-14(11-8-9-11)18-15(17)12-6-5-7-13(10-12)16(2)3/h1,5-7,10-11,14H,8-9H2,2-3H3. The van der Waals surface area contributed by atoms with E-state index in [1.165, 1.54) is 0 Å². The Bertz CT molecular complexity index is 484. The molecule has 1 fully saturated rings. The average Bonchev–Trinajstić information content (AvgIpc) is 3.20. The lowest BCUT2D eigenvalue weighted by molar-refractivity contribution is 0.0374. The molecule has 0 heterocycles. The lowest BCUT2D eigenvalue weighted by Gasteiger charge is -2.15.